The number of fused-ring (bicyclic) bond motifs is 1. The number of rotatable bonds is 7. The Morgan fingerprint density at radius 3 is 2.29 bits per heavy atom. The van der Waals surface area contributed by atoms with E-state index in [9.17, 15) is 22.8 Å². The summed E-state index contributed by atoms with van der Waals surface area (Å²) in [4.78, 5) is 25.5. The number of anilines is 1. The van der Waals surface area contributed by atoms with Crippen LogP contribution in [0.5, 0.6) is 5.75 Å². The van der Waals surface area contributed by atoms with Crippen molar-refractivity contribution in [1.82, 2.24) is 4.57 Å². The van der Waals surface area contributed by atoms with E-state index in [1.807, 2.05) is 12.1 Å². The molecule has 1 aromatic heterocycles. The van der Waals surface area contributed by atoms with E-state index >= 15 is 0 Å². The first-order valence-electron chi connectivity index (χ1n) is 10.7. The molecule has 1 N–H and O–H groups in total. The number of nitrogens with zero attached hydrogens (tertiary/aromatic N) is 1. The highest BCUT2D eigenvalue weighted by molar-refractivity contribution is 6.30. The summed E-state index contributed by atoms with van der Waals surface area (Å²) < 4.78 is 42.3. The average Bonchev–Trinajstić information content (AvgIpc) is 2.81. The number of alkyl halides is 3. The quantitative estimate of drug-likeness (QED) is 0.330. The Hall–Kier alpha value is -3.78. The molecule has 1 heterocycles. The predicted octanol–water partition coefficient (Wildman–Crippen LogP) is 6.17. The van der Waals surface area contributed by atoms with Gasteiger partial charge >= 0.3 is 6.36 Å². The number of hydrogen-bond donors (Lipinski definition) is 1. The van der Waals surface area contributed by atoms with Crippen molar-refractivity contribution in [1.29, 1.82) is 0 Å². The van der Waals surface area contributed by atoms with Gasteiger partial charge in [-0.2, -0.15) is 0 Å². The number of ether oxygens (including phenoxy) is 1. The fourth-order valence-electron chi connectivity index (χ4n) is 3.67. The summed E-state index contributed by atoms with van der Waals surface area (Å²) >= 11 is 5.88. The van der Waals surface area contributed by atoms with Gasteiger partial charge in [0, 0.05) is 34.1 Å². The van der Waals surface area contributed by atoms with Crippen LogP contribution in [0.15, 0.2) is 83.8 Å². The Morgan fingerprint density at radius 1 is 0.914 bits per heavy atom. The van der Waals surface area contributed by atoms with Gasteiger partial charge in [-0.3, -0.25) is 9.59 Å². The van der Waals surface area contributed by atoms with Crippen molar-refractivity contribution in [2.45, 2.75) is 25.7 Å². The Bertz CT molecular complexity index is 1400. The van der Waals surface area contributed by atoms with Gasteiger partial charge in [-0.25, -0.2) is 0 Å². The van der Waals surface area contributed by atoms with Crippen molar-refractivity contribution in [3.63, 3.8) is 0 Å². The second kappa shape index (κ2) is 10.2. The van der Waals surface area contributed by atoms with E-state index in [4.69, 9.17) is 11.6 Å². The molecule has 0 radical (unpaired) electrons. The minimum atomic E-state index is -4.76. The first kappa shape index (κ1) is 24.3. The Labute approximate surface area is 203 Å². The lowest BCUT2D eigenvalue weighted by molar-refractivity contribution is -0.274. The van der Waals surface area contributed by atoms with Gasteiger partial charge in [0.25, 0.3) is 5.56 Å². The molecule has 0 fully saturated rings. The number of pyridine rings is 1. The second-order valence-electron chi connectivity index (χ2n) is 7.88. The summed E-state index contributed by atoms with van der Waals surface area (Å²) in [6, 6.07) is 19.4. The van der Waals surface area contributed by atoms with Crippen LogP contribution in [0.4, 0.5) is 18.9 Å². The minimum Gasteiger partial charge on any atom is -0.406 e. The van der Waals surface area contributed by atoms with E-state index < -0.39 is 6.36 Å². The number of aryl methyl sites for hydroxylation is 1. The van der Waals surface area contributed by atoms with Crippen molar-refractivity contribution in [2.24, 2.45) is 0 Å². The molecule has 0 unspecified atom stereocenters. The summed E-state index contributed by atoms with van der Waals surface area (Å²) in [6.07, 6.45) is -2.36. The molecule has 0 aliphatic heterocycles. The lowest BCUT2D eigenvalue weighted by Crippen LogP contribution is -2.21. The van der Waals surface area contributed by atoms with Crippen LogP contribution in [-0.4, -0.2) is 16.8 Å². The third-order valence-corrected chi connectivity index (χ3v) is 5.61. The van der Waals surface area contributed by atoms with Gasteiger partial charge < -0.3 is 14.6 Å². The van der Waals surface area contributed by atoms with E-state index in [0.717, 1.165) is 5.56 Å². The van der Waals surface area contributed by atoms with Gasteiger partial charge in [0.05, 0.1) is 6.54 Å². The van der Waals surface area contributed by atoms with Crippen LogP contribution < -0.4 is 15.6 Å². The van der Waals surface area contributed by atoms with Gasteiger partial charge in [-0.15, -0.1) is 13.2 Å². The molecule has 4 aromatic rings. The van der Waals surface area contributed by atoms with E-state index in [2.05, 4.69) is 10.1 Å². The molecule has 0 spiro atoms. The number of hydrogen-bond acceptors (Lipinski definition) is 3. The fourth-order valence-corrected chi connectivity index (χ4v) is 3.79. The van der Waals surface area contributed by atoms with Crippen LogP contribution in [-0.2, 0) is 17.8 Å². The van der Waals surface area contributed by atoms with Crippen molar-refractivity contribution in [2.75, 3.05) is 5.32 Å². The number of carbonyl (C=O) groups excluding carboxylic acids is 1. The van der Waals surface area contributed by atoms with Gasteiger partial charge in [0.2, 0.25) is 5.91 Å². The molecule has 0 bridgehead atoms. The molecular formula is C26H20ClF3N2O3. The molecule has 9 heteroatoms. The van der Waals surface area contributed by atoms with Crippen LogP contribution in [0.2, 0.25) is 5.02 Å². The molecular weight excluding hydrogens is 481 g/mol. The van der Waals surface area contributed by atoms with Gasteiger partial charge in [0.15, 0.2) is 0 Å². The standard InChI is InChI=1S/C26H20ClF3N2O3/c27-19-9-4-17(5-10-19)8-13-24(33)31-23-3-1-2-22-21(23)14-15-32(25(22)34)16-18-6-11-20(12-7-18)35-26(28,29)30/h1-7,9-12,14-15H,8,13,16H2,(H,31,33). The molecule has 0 aliphatic carbocycles. The SMILES string of the molecule is O=C(CCc1ccc(Cl)cc1)Nc1cccc2c(=O)n(Cc3ccc(OC(F)(F)F)cc3)ccc12. The van der Waals surface area contributed by atoms with Crippen LogP contribution in [0.1, 0.15) is 17.5 Å². The summed E-state index contributed by atoms with van der Waals surface area (Å²) in [7, 11) is 0. The second-order valence-corrected chi connectivity index (χ2v) is 8.32. The molecule has 35 heavy (non-hydrogen) atoms. The first-order chi connectivity index (χ1) is 16.7. The van der Waals surface area contributed by atoms with Crippen molar-refractivity contribution in [3.05, 3.63) is 105 Å². The first-order valence-corrected chi connectivity index (χ1v) is 11.1. The summed E-state index contributed by atoms with van der Waals surface area (Å²) in [6.45, 7) is 0.165. The van der Waals surface area contributed by atoms with Crippen LogP contribution >= 0.6 is 11.6 Å². The highest BCUT2D eigenvalue weighted by Crippen LogP contribution is 2.24. The lowest BCUT2D eigenvalue weighted by Gasteiger charge is -2.12. The zero-order valence-electron chi connectivity index (χ0n) is 18.3. The minimum absolute atomic E-state index is 0.165. The molecule has 5 nitrogen and oxygen atoms in total. The van der Waals surface area contributed by atoms with Crippen molar-refractivity contribution >= 4 is 34.0 Å². The highest BCUT2D eigenvalue weighted by atomic mass is 35.5. The molecule has 1 amide bonds. The van der Waals surface area contributed by atoms with Gasteiger partial charge in [-0.1, -0.05) is 41.9 Å². The van der Waals surface area contributed by atoms with Crippen LogP contribution in [0, 0.1) is 0 Å². The third kappa shape index (κ3) is 6.42. The van der Waals surface area contributed by atoms with Crippen molar-refractivity contribution < 1.29 is 22.7 Å². The third-order valence-electron chi connectivity index (χ3n) is 5.36. The Morgan fingerprint density at radius 2 is 1.60 bits per heavy atom. The molecule has 0 atom stereocenters. The zero-order chi connectivity index (χ0) is 25.0. The smallest absolute Gasteiger partial charge is 0.406 e. The normalized spacial score (nSPS) is 11.4. The average molecular weight is 501 g/mol. The maximum atomic E-state index is 13.0. The topological polar surface area (TPSA) is 60.3 Å². The zero-order valence-corrected chi connectivity index (χ0v) is 19.1. The highest BCUT2D eigenvalue weighted by Gasteiger charge is 2.30. The maximum Gasteiger partial charge on any atom is 0.573 e. The summed E-state index contributed by atoms with van der Waals surface area (Å²) in [5.41, 5.74) is 1.87. The summed E-state index contributed by atoms with van der Waals surface area (Å²) in [5.74, 6) is -0.513. The molecule has 0 aliphatic rings. The Kier molecular flexibility index (Phi) is 7.12. The number of benzene rings is 3. The van der Waals surface area contributed by atoms with E-state index in [1.54, 1.807) is 42.6 Å². The van der Waals surface area contributed by atoms with E-state index in [0.29, 0.717) is 33.5 Å². The number of aromatic nitrogens is 1. The number of carbonyl (C=O) groups is 1. The number of amides is 1. The van der Waals surface area contributed by atoms with E-state index in [1.165, 1.54) is 28.8 Å². The summed E-state index contributed by atoms with van der Waals surface area (Å²) in [5, 5.41) is 4.52. The fraction of sp³-hybridized carbons (Fsp3) is 0.154. The van der Waals surface area contributed by atoms with Crippen molar-refractivity contribution in [3.8, 4) is 5.75 Å². The molecule has 0 saturated carbocycles. The van der Waals surface area contributed by atoms with Gasteiger partial charge in [-0.05, 0) is 60.0 Å². The van der Waals surface area contributed by atoms with Gasteiger partial charge in [0.1, 0.15) is 5.75 Å². The number of halogens is 4. The maximum absolute atomic E-state index is 13.0. The Balaban J connectivity index is 1.47. The predicted molar refractivity (Wildman–Crippen MR) is 129 cm³/mol. The lowest BCUT2D eigenvalue weighted by atomic mass is 10.1. The molecule has 180 valence electrons. The monoisotopic (exact) mass is 500 g/mol. The number of nitrogens with one attached hydrogen (secondary N) is 1. The molecule has 4 rings (SSSR count). The van der Waals surface area contributed by atoms with Crippen LogP contribution in [0.25, 0.3) is 10.8 Å². The molecule has 3 aromatic carbocycles. The van der Waals surface area contributed by atoms with Crippen LogP contribution in [0.3, 0.4) is 0 Å². The van der Waals surface area contributed by atoms with E-state index in [-0.39, 0.29) is 30.2 Å². The largest absolute Gasteiger partial charge is 0.573 e. The molecule has 0 saturated heterocycles.